The van der Waals surface area contributed by atoms with Crippen molar-refractivity contribution in [2.75, 3.05) is 5.32 Å². The molecule has 10 nitrogen and oxygen atoms in total. The molecule has 0 aliphatic carbocycles. The minimum Gasteiger partial charge on any atom is -0.505 e. The van der Waals surface area contributed by atoms with Gasteiger partial charge in [0, 0.05) is 11.1 Å². The number of thiophene rings is 1. The van der Waals surface area contributed by atoms with Gasteiger partial charge in [-0.25, -0.2) is 22.3 Å². The van der Waals surface area contributed by atoms with E-state index >= 15 is 4.39 Å². The lowest BCUT2D eigenvalue weighted by Crippen LogP contribution is -2.34. The summed E-state index contributed by atoms with van der Waals surface area (Å²) < 4.78 is 41.9. The van der Waals surface area contributed by atoms with E-state index in [2.05, 4.69) is 5.32 Å². The molecule has 35 heavy (non-hydrogen) atoms. The van der Waals surface area contributed by atoms with Crippen LogP contribution in [0.25, 0.3) is 16.5 Å². The third kappa shape index (κ3) is 4.56. The van der Waals surface area contributed by atoms with Crippen molar-refractivity contribution in [2.24, 2.45) is 5.73 Å². The van der Waals surface area contributed by atoms with E-state index in [-0.39, 0.29) is 25.0 Å². The van der Waals surface area contributed by atoms with E-state index < -0.39 is 50.5 Å². The number of primary amides is 1. The highest BCUT2D eigenvalue weighted by atomic mass is 35.5. The highest BCUT2D eigenvalue weighted by molar-refractivity contribution is 7.92. The Morgan fingerprint density at radius 1 is 1.09 bits per heavy atom. The number of carbonyl (C=O) groups is 2. The Balaban J connectivity index is 1.69. The molecule has 0 fully saturated rings. The summed E-state index contributed by atoms with van der Waals surface area (Å²) in [4.78, 5) is 37.2. The number of rotatable bonds is 5. The predicted octanol–water partition coefficient (Wildman–Crippen LogP) is 3.16. The number of halogens is 2. The van der Waals surface area contributed by atoms with Crippen LogP contribution in [0.15, 0.2) is 63.6 Å². The zero-order chi connectivity index (χ0) is 25.5. The summed E-state index contributed by atoms with van der Waals surface area (Å²) in [6.07, 6.45) is 0. The Bertz CT molecular complexity index is 1680. The number of fused-ring (bicyclic) bond motifs is 1. The Morgan fingerprint density at radius 2 is 1.77 bits per heavy atom. The number of benzene rings is 2. The van der Waals surface area contributed by atoms with Crippen LogP contribution in [0, 0.1) is 5.82 Å². The summed E-state index contributed by atoms with van der Waals surface area (Å²) >= 11 is 6.45. The van der Waals surface area contributed by atoms with Gasteiger partial charge in [-0.3, -0.25) is 14.2 Å². The third-order valence-electron chi connectivity index (χ3n) is 4.78. The molecule has 0 saturated carbocycles. The Hall–Kier alpha value is -3.94. The number of hydrogen-bond donors (Lipinski definition) is 4. The van der Waals surface area contributed by atoms with Crippen molar-refractivity contribution in [1.82, 2.24) is 9.29 Å². The molecule has 4 rings (SSSR count). The molecule has 2 heterocycles. The highest BCUT2D eigenvalue weighted by Gasteiger charge is 2.24. The summed E-state index contributed by atoms with van der Waals surface area (Å²) in [6.45, 7) is 0. The molecule has 0 unspecified atom stereocenters. The first-order valence-electron chi connectivity index (χ1n) is 9.55. The molecule has 0 aliphatic rings. The van der Waals surface area contributed by atoms with Gasteiger partial charge < -0.3 is 16.2 Å². The van der Waals surface area contributed by atoms with Gasteiger partial charge in [-0.05, 0) is 36.4 Å². The van der Waals surface area contributed by atoms with Gasteiger partial charge in [-0.2, -0.15) is 0 Å². The topological polar surface area (TPSA) is 161 Å². The first kappa shape index (κ1) is 24.2. The van der Waals surface area contributed by atoms with Crippen molar-refractivity contribution in [1.29, 1.82) is 0 Å². The van der Waals surface area contributed by atoms with Gasteiger partial charge in [-0.15, -0.1) is 11.3 Å². The van der Waals surface area contributed by atoms with Gasteiger partial charge in [0.2, 0.25) is 0 Å². The van der Waals surface area contributed by atoms with Gasteiger partial charge in [0.15, 0.2) is 11.4 Å². The third-order valence-corrected chi connectivity index (χ3v) is 7.84. The van der Waals surface area contributed by atoms with E-state index in [0.717, 1.165) is 29.5 Å². The second-order valence-electron chi connectivity index (χ2n) is 7.03. The number of nitrogens with one attached hydrogen (secondary N) is 2. The number of nitrogens with zero attached hydrogens (tertiary/aromatic N) is 1. The molecule has 0 saturated heterocycles. The van der Waals surface area contributed by atoms with Crippen LogP contribution < -0.4 is 21.3 Å². The van der Waals surface area contributed by atoms with Crippen LogP contribution >= 0.6 is 22.9 Å². The van der Waals surface area contributed by atoms with Crippen molar-refractivity contribution in [3.05, 3.63) is 80.8 Å². The lowest BCUT2D eigenvalue weighted by Gasteiger charge is -2.16. The Kier molecular flexibility index (Phi) is 6.23. The highest BCUT2D eigenvalue weighted by Crippen LogP contribution is 2.29. The van der Waals surface area contributed by atoms with Crippen LogP contribution in [0.4, 0.5) is 14.9 Å². The normalized spacial score (nSPS) is 11.4. The van der Waals surface area contributed by atoms with E-state index in [1.54, 1.807) is 4.72 Å². The molecule has 2 aromatic heterocycles. The zero-order valence-electron chi connectivity index (χ0n) is 17.3. The second-order valence-corrected chi connectivity index (χ2v) is 10.7. The van der Waals surface area contributed by atoms with E-state index in [9.17, 15) is 27.9 Å². The van der Waals surface area contributed by atoms with Gasteiger partial charge in [0.25, 0.3) is 21.5 Å². The molecule has 0 atom stereocenters. The van der Waals surface area contributed by atoms with E-state index in [1.807, 2.05) is 0 Å². The van der Waals surface area contributed by atoms with E-state index in [0.29, 0.717) is 4.57 Å². The predicted molar refractivity (Wildman–Crippen MR) is 128 cm³/mol. The number of aromatic nitrogens is 1. The fourth-order valence-corrected chi connectivity index (χ4v) is 5.72. The molecule has 5 N–H and O–H groups in total. The van der Waals surface area contributed by atoms with Gasteiger partial charge in [-0.1, -0.05) is 29.8 Å². The maximum Gasteiger partial charge on any atom is 0.333 e. The number of nitrogens with two attached hydrogens (primary N) is 1. The molecule has 180 valence electrons. The molecule has 0 bridgehead atoms. The summed E-state index contributed by atoms with van der Waals surface area (Å²) in [5.74, 6) is -2.85. The number of pyridine rings is 1. The monoisotopic (exact) mass is 536 g/mol. The number of hydrogen-bond acceptors (Lipinski definition) is 7. The fourth-order valence-electron chi connectivity index (χ4n) is 3.33. The summed E-state index contributed by atoms with van der Waals surface area (Å²) in [5.41, 5.74) is 3.31. The standard InChI is InChI=1S/C21H14ClFN4O6S2/c22-15-7-8-16(34-15)35(32,33)26-21(31)25-10-5-6-14(13(23)9-10)27-17(19(24)29)18(28)11-3-1-2-4-12(11)20(27)30/h1-9,28H,(H2,24,29)(H2,25,26,31). The number of carbonyl (C=O) groups excluding carboxylic acids is 2. The number of aromatic hydroxyl groups is 1. The van der Waals surface area contributed by atoms with Crippen molar-refractivity contribution < 1.29 is 27.5 Å². The van der Waals surface area contributed by atoms with E-state index in [4.69, 9.17) is 17.3 Å². The molecule has 14 heteroatoms. The van der Waals surface area contributed by atoms with E-state index in [1.165, 1.54) is 36.4 Å². The smallest absolute Gasteiger partial charge is 0.333 e. The molecule has 0 radical (unpaired) electrons. The minimum absolute atomic E-state index is 0.00914. The number of urea groups is 1. The molecule has 3 amide bonds. The summed E-state index contributed by atoms with van der Waals surface area (Å²) in [6, 6.07) is 10.3. The number of amides is 3. The summed E-state index contributed by atoms with van der Waals surface area (Å²) in [5, 5.41) is 12.8. The summed E-state index contributed by atoms with van der Waals surface area (Å²) in [7, 11) is -4.21. The van der Waals surface area contributed by atoms with Crippen LogP contribution in [0.5, 0.6) is 5.75 Å². The van der Waals surface area contributed by atoms with Crippen LogP contribution in [0.3, 0.4) is 0 Å². The average molecular weight is 537 g/mol. The van der Waals surface area contributed by atoms with Crippen molar-refractivity contribution in [2.45, 2.75) is 4.21 Å². The van der Waals surface area contributed by atoms with Crippen LogP contribution in [-0.4, -0.2) is 30.0 Å². The lowest BCUT2D eigenvalue weighted by atomic mass is 10.1. The number of sulfonamides is 1. The zero-order valence-corrected chi connectivity index (χ0v) is 19.7. The molecular weight excluding hydrogens is 523 g/mol. The average Bonchev–Trinajstić information content (AvgIpc) is 3.23. The quantitative estimate of drug-likeness (QED) is 0.306. The molecule has 4 aromatic rings. The van der Waals surface area contributed by atoms with Crippen molar-refractivity contribution in [3.63, 3.8) is 0 Å². The van der Waals surface area contributed by atoms with Crippen LogP contribution in [0.2, 0.25) is 4.34 Å². The SMILES string of the molecule is NC(=O)c1c(O)c2ccccc2c(=O)n1-c1ccc(NC(=O)NS(=O)(=O)c2ccc(Cl)s2)cc1F. The number of anilines is 1. The minimum atomic E-state index is -4.21. The van der Waals surface area contributed by atoms with Gasteiger partial charge in [0.1, 0.15) is 10.0 Å². The first-order chi connectivity index (χ1) is 16.5. The van der Waals surface area contributed by atoms with Crippen LogP contribution in [0.1, 0.15) is 10.5 Å². The molecule has 0 spiro atoms. The fraction of sp³-hybridized carbons (Fsp3) is 0. The second kappa shape index (κ2) is 9.02. The van der Waals surface area contributed by atoms with Crippen LogP contribution in [-0.2, 0) is 10.0 Å². The van der Waals surface area contributed by atoms with Crippen molar-refractivity contribution in [3.8, 4) is 11.4 Å². The first-order valence-corrected chi connectivity index (χ1v) is 12.2. The van der Waals surface area contributed by atoms with Gasteiger partial charge >= 0.3 is 6.03 Å². The van der Waals surface area contributed by atoms with Crippen molar-refractivity contribution >= 4 is 61.4 Å². The molecule has 2 aromatic carbocycles. The molecular formula is C21H14ClFN4O6S2. The lowest BCUT2D eigenvalue weighted by molar-refractivity contribution is 0.0990. The van der Waals surface area contributed by atoms with Gasteiger partial charge in [0.05, 0.1) is 15.4 Å². The largest absolute Gasteiger partial charge is 0.505 e. The maximum atomic E-state index is 15.1. The Morgan fingerprint density at radius 3 is 2.37 bits per heavy atom. The Labute approximate surface area is 205 Å². The molecule has 0 aliphatic heterocycles. The maximum absolute atomic E-state index is 15.1.